The lowest BCUT2D eigenvalue weighted by Gasteiger charge is -2.12. The number of hydrogen-bond donors (Lipinski definition) is 3. The number of nitrogens with one attached hydrogen (secondary N) is 1. The topological polar surface area (TPSA) is 79.9 Å². The van der Waals surface area contributed by atoms with Crippen molar-refractivity contribution >= 4 is 30.6 Å². The third-order valence-corrected chi connectivity index (χ3v) is 2.26. The van der Waals surface area contributed by atoms with E-state index >= 15 is 0 Å². The van der Waals surface area contributed by atoms with Crippen molar-refractivity contribution in [1.29, 1.82) is 0 Å². The van der Waals surface area contributed by atoms with E-state index in [1.54, 1.807) is 0 Å². The van der Waals surface area contributed by atoms with E-state index in [-0.39, 0.29) is 31.4 Å². The van der Waals surface area contributed by atoms with Crippen LogP contribution in [0.4, 0.5) is 0 Å². The predicted molar refractivity (Wildman–Crippen MR) is 86.8 cm³/mol. The van der Waals surface area contributed by atoms with Crippen LogP contribution in [0, 0.1) is 0 Å². The fourth-order valence-corrected chi connectivity index (χ4v) is 1.29. The number of oxime groups is 1. The number of aliphatic hydroxyl groups excluding tert-OH is 1. The minimum atomic E-state index is -0.597. The number of nitrogens with zero attached hydrogens (tertiary/aromatic N) is 1. The van der Waals surface area contributed by atoms with Gasteiger partial charge in [0.1, 0.15) is 12.7 Å². The second kappa shape index (κ2) is 11.8. The van der Waals surface area contributed by atoms with E-state index in [1.165, 1.54) is 0 Å². The van der Waals surface area contributed by atoms with Crippen LogP contribution in [0.25, 0.3) is 0 Å². The van der Waals surface area contributed by atoms with E-state index in [2.05, 4.69) is 10.5 Å². The Balaban J connectivity index is 0. The summed E-state index contributed by atoms with van der Waals surface area (Å²) in [6.07, 6.45) is -0.597. The van der Waals surface area contributed by atoms with Gasteiger partial charge in [0.05, 0.1) is 0 Å². The molecule has 0 saturated carbocycles. The van der Waals surface area contributed by atoms with Gasteiger partial charge in [0, 0.05) is 18.2 Å². The minimum absolute atomic E-state index is 0. The Morgan fingerprint density at radius 1 is 1.30 bits per heavy atom. The Morgan fingerprint density at radius 3 is 2.45 bits per heavy atom. The van der Waals surface area contributed by atoms with Crippen molar-refractivity contribution in [2.24, 2.45) is 10.9 Å². The maximum atomic E-state index is 9.58. The summed E-state index contributed by atoms with van der Waals surface area (Å²) < 4.78 is 0. The molecule has 116 valence electrons. The molecule has 1 rings (SSSR count). The SMILES string of the molecule is CC(C)NCC(O)CO/N=C(\N)c1ccccc1.Cl.Cl. The van der Waals surface area contributed by atoms with Gasteiger partial charge in [0.25, 0.3) is 0 Å². The number of rotatable bonds is 7. The molecule has 0 fully saturated rings. The Labute approximate surface area is 132 Å². The number of benzene rings is 1. The summed E-state index contributed by atoms with van der Waals surface area (Å²) in [5.74, 6) is 0.305. The Morgan fingerprint density at radius 2 is 1.90 bits per heavy atom. The molecule has 0 heterocycles. The van der Waals surface area contributed by atoms with Crippen LogP contribution >= 0.6 is 24.8 Å². The van der Waals surface area contributed by atoms with Gasteiger partial charge in [0.15, 0.2) is 5.84 Å². The lowest BCUT2D eigenvalue weighted by Crippen LogP contribution is -2.34. The van der Waals surface area contributed by atoms with Crippen LogP contribution < -0.4 is 11.1 Å². The summed E-state index contributed by atoms with van der Waals surface area (Å²) in [6.45, 7) is 4.62. The van der Waals surface area contributed by atoms with Gasteiger partial charge < -0.3 is 21.0 Å². The highest BCUT2D eigenvalue weighted by atomic mass is 35.5. The lowest BCUT2D eigenvalue weighted by atomic mass is 10.2. The first-order chi connectivity index (χ1) is 8.59. The van der Waals surface area contributed by atoms with Crippen LogP contribution in [0.5, 0.6) is 0 Å². The van der Waals surface area contributed by atoms with E-state index in [4.69, 9.17) is 10.6 Å². The average Bonchev–Trinajstić information content (AvgIpc) is 2.37. The molecule has 0 aromatic heterocycles. The van der Waals surface area contributed by atoms with Crippen LogP contribution in [0.3, 0.4) is 0 Å². The summed E-state index contributed by atoms with van der Waals surface area (Å²) in [5.41, 5.74) is 6.53. The number of aliphatic hydroxyl groups is 1. The summed E-state index contributed by atoms with van der Waals surface area (Å²) in [5, 5.41) is 16.5. The number of halogens is 2. The molecule has 20 heavy (non-hydrogen) atoms. The van der Waals surface area contributed by atoms with Gasteiger partial charge in [0.2, 0.25) is 0 Å². The van der Waals surface area contributed by atoms with Gasteiger partial charge in [-0.2, -0.15) is 0 Å². The maximum Gasteiger partial charge on any atom is 0.170 e. The van der Waals surface area contributed by atoms with E-state index in [0.29, 0.717) is 18.4 Å². The Kier molecular flexibility index (Phi) is 12.5. The molecule has 4 N–H and O–H groups in total. The molecule has 0 amide bonds. The normalized spacial score (nSPS) is 12.3. The van der Waals surface area contributed by atoms with Crippen molar-refractivity contribution < 1.29 is 9.94 Å². The number of nitrogens with two attached hydrogens (primary N) is 1. The molecule has 0 aliphatic heterocycles. The highest BCUT2D eigenvalue weighted by molar-refractivity contribution is 5.96. The molecular formula is C13H23Cl2N3O2. The molecule has 0 aliphatic rings. The lowest BCUT2D eigenvalue weighted by molar-refractivity contribution is 0.0394. The molecule has 0 aliphatic carbocycles. The monoisotopic (exact) mass is 323 g/mol. The van der Waals surface area contributed by atoms with E-state index < -0.39 is 6.10 Å². The first kappa shape index (κ1) is 21.3. The second-order valence-electron chi connectivity index (χ2n) is 4.36. The minimum Gasteiger partial charge on any atom is -0.391 e. The molecule has 0 bridgehead atoms. The summed E-state index contributed by atoms with van der Waals surface area (Å²) >= 11 is 0. The molecule has 0 radical (unpaired) electrons. The molecule has 7 heteroatoms. The van der Waals surface area contributed by atoms with Gasteiger partial charge >= 0.3 is 0 Å². The number of hydrogen-bond acceptors (Lipinski definition) is 4. The molecule has 5 nitrogen and oxygen atoms in total. The van der Waals surface area contributed by atoms with Crippen LogP contribution in [0.1, 0.15) is 19.4 Å². The third kappa shape index (κ3) is 8.98. The van der Waals surface area contributed by atoms with Crippen LogP contribution in [0.15, 0.2) is 35.5 Å². The van der Waals surface area contributed by atoms with Crippen LogP contribution in [-0.4, -0.2) is 36.2 Å². The van der Waals surface area contributed by atoms with Gasteiger partial charge in [-0.15, -0.1) is 24.8 Å². The van der Waals surface area contributed by atoms with E-state index in [9.17, 15) is 5.11 Å². The molecule has 1 aromatic rings. The van der Waals surface area contributed by atoms with Gasteiger partial charge in [-0.3, -0.25) is 0 Å². The summed E-state index contributed by atoms with van der Waals surface area (Å²) in [4.78, 5) is 5.02. The highest BCUT2D eigenvalue weighted by Crippen LogP contribution is 1.98. The average molecular weight is 324 g/mol. The molecule has 1 aromatic carbocycles. The van der Waals surface area contributed by atoms with Gasteiger partial charge in [-0.1, -0.05) is 49.3 Å². The zero-order valence-corrected chi connectivity index (χ0v) is 13.3. The molecule has 0 saturated heterocycles. The standard InChI is InChI=1S/C13H21N3O2.2ClH/c1-10(2)15-8-12(17)9-18-16-13(14)11-6-4-3-5-7-11;;/h3-7,10,12,15,17H,8-9H2,1-2H3,(H2,14,16);2*1H. The van der Waals surface area contributed by atoms with Crippen molar-refractivity contribution in [1.82, 2.24) is 5.32 Å². The van der Waals surface area contributed by atoms with E-state index in [0.717, 1.165) is 5.56 Å². The smallest absolute Gasteiger partial charge is 0.170 e. The quantitative estimate of drug-likeness (QED) is 0.404. The Hall–Kier alpha value is -1.01. The third-order valence-electron chi connectivity index (χ3n) is 2.26. The fraction of sp³-hybridized carbons (Fsp3) is 0.462. The van der Waals surface area contributed by atoms with Crippen molar-refractivity contribution in [2.75, 3.05) is 13.2 Å². The first-order valence-corrected chi connectivity index (χ1v) is 6.02. The van der Waals surface area contributed by atoms with Crippen molar-refractivity contribution in [3.63, 3.8) is 0 Å². The highest BCUT2D eigenvalue weighted by Gasteiger charge is 2.05. The molecule has 1 atom stereocenters. The van der Waals surface area contributed by atoms with Crippen molar-refractivity contribution in [2.45, 2.75) is 26.0 Å². The zero-order chi connectivity index (χ0) is 13.4. The van der Waals surface area contributed by atoms with Gasteiger partial charge in [-0.05, 0) is 0 Å². The summed E-state index contributed by atoms with van der Waals surface area (Å²) in [6, 6.07) is 9.67. The zero-order valence-electron chi connectivity index (χ0n) is 11.7. The first-order valence-electron chi connectivity index (χ1n) is 6.02. The fourth-order valence-electron chi connectivity index (χ4n) is 1.29. The maximum absolute atomic E-state index is 9.58. The Bertz CT molecular complexity index is 375. The predicted octanol–water partition coefficient (Wildman–Crippen LogP) is 1.53. The molecule has 0 spiro atoms. The van der Waals surface area contributed by atoms with E-state index in [1.807, 2.05) is 44.2 Å². The largest absolute Gasteiger partial charge is 0.391 e. The van der Waals surface area contributed by atoms with Crippen LogP contribution in [-0.2, 0) is 4.84 Å². The van der Waals surface area contributed by atoms with Crippen molar-refractivity contribution in [3.8, 4) is 0 Å². The van der Waals surface area contributed by atoms with Crippen molar-refractivity contribution in [3.05, 3.63) is 35.9 Å². The molecular weight excluding hydrogens is 301 g/mol. The van der Waals surface area contributed by atoms with Crippen LogP contribution in [0.2, 0.25) is 0 Å². The number of amidine groups is 1. The second-order valence-corrected chi connectivity index (χ2v) is 4.36. The molecule has 1 unspecified atom stereocenters. The summed E-state index contributed by atoms with van der Waals surface area (Å²) in [7, 11) is 0. The van der Waals surface area contributed by atoms with Gasteiger partial charge in [-0.25, -0.2) is 0 Å².